The molecule has 1 aromatic heterocycles. The molecule has 1 heterocycles. The van der Waals surface area contributed by atoms with Crippen LogP contribution in [0, 0.1) is 11.3 Å². The topological polar surface area (TPSA) is 56.1 Å². The normalized spacial score (nSPS) is 12.9. The third-order valence-corrected chi connectivity index (χ3v) is 6.11. The summed E-state index contributed by atoms with van der Waals surface area (Å²) in [5.41, 5.74) is 3.04. The zero-order chi connectivity index (χ0) is 17.8. The average molecular weight is 418 g/mol. The van der Waals surface area contributed by atoms with E-state index in [1.54, 1.807) is 11.3 Å². The van der Waals surface area contributed by atoms with Crippen LogP contribution < -0.4 is 5.32 Å². The first kappa shape index (κ1) is 18.1. The highest BCUT2D eigenvalue weighted by Crippen LogP contribution is 2.38. The Balaban J connectivity index is 1.51. The van der Waals surface area contributed by atoms with Crippen LogP contribution in [0.4, 0.5) is 5.00 Å². The zero-order valence-electron chi connectivity index (χ0n) is 14.1. The molecule has 0 bridgehead atoms. The quantitative estimate of drug-likeness (QED) is 0.760. The second kappa shape index (κ2) is 8.13. The zero-order valence-corrected chi connectivity index (χ0v) is 16.5. The lowest BCUT2D eigenvalue weighted by Gasteiger charge is -2.16. The molecule has 25 heavy (non-hydrogen) atoms. The number of nitriles is 1. The van der Waals surface area contributed by atoms with Gasteiger partial charge < -0.3 is 10.2 Å². The summed E-state index contributed by atoms with van der Waals surface area (Å²) in [5.74, 6) is -0.0286. The molecule has 1 N–H and O–H groups in total. The number of thiophene rings is 1. The van der Waals surface area contributed by atoms with E-state index in [1.165, 1.54) is 10.4 Å². The van der Waals surface area contributed by atoms with Gasteiger partial charge in [-0.05, 0) is 49.6 Å². The van der Waals surface area contributed by atoms with Crippen molar-refractivity contribution in [2.75, 3.05) is 18.9 Å². The molecule has 130 valence electrons. The number of carbonyl (C=O) groups excluding carboxylic acids is 1. The van der Waals surface area contributed by atoms with E-state index in [0.29, 0.717) is 18.5 Å². The summed E-state index contributed by atoms with van der Waals surface area (Å²) in [7, 11) is 2.01. The van der Waals surface area contributed by atoms with Crippen LogP contribution in [0.1, 0.15) is 34.4 Å². The molecule has 1 aromatic carbocycles. The van der Waals surface area contributed by atoms with Crippen LogP contribution in [-0.2, 0) is 24.2 Å². The van der Waals surface area contributed by atoms with E-state index in [1.807, 2.05) is 19.2 Å². The summed E-state index contributed by atoms with van der Waals surface area (Å²) in [5, 5.41) is 13.1. The van der Waals surface area contributed by atoms with Crippen molar-refractivity contribution in [2.45, 2.75) is 32.2 Å². The highest BCUT2D eigenvalue weighted by molar-refractivity contribution is 9.10. The van der Waals surface area contributed by atoms with Gasteiger partial charge in [-0.1, -0.05) is 28.1 Å². The molecule has 0 aliphatic heterocycles. The van der Waals surface area contributed by atoms with E-state index in [4.69, 9.17) is 0 Å². The van der Waals surface area contributed by atoms with E-state index in [2.05, 4.69) is 44.3 Å². The van der Waals surface area contributed by atoms with Crippen molar-refractivity contribution in [3.63, 3.8) is 0 Å². The number of anilines is 1. The smallest absolute Gasteiger partial charge is 0.226 e. The number of halogens is 1. The molecule has 2 aromatic rings. The molecule has 0 atom stereocenters. The second-order valence-corrected chi connectivity index (χ2v) is 8.36. The minimum atomic E-state index is -0.0286. The first-order chi connectivity index (χ1) is 12.1. The number of amides is 1. The number of fused-ring (bicyclic) bond motifs is 1. The number of benzene rings is 1. The molecule has 0 fully saturated rings. The fourth-order valence-electron chi connectivity index (χ4n) is 3.07. The number of nitrogens with zero attached hydrogens (tertiary/aromatic N) is 2. The van der Waals surface area contributed by atoms with Crippen molar-refractivity contribution in [3.05, 3.63) is 50.3 Å². The highest BCUT2D eigenvalue weighted by atomic mass is 79.9. The van der Waals surface area contributed by atoms with Gasteiger partial charge in [0.15, 0.2) is 0 Å². The lowest BCUT2D eigenvalue weighted by atomic mass is 10.1. The van der Waals surface area contributed by atoms with Crippen molar-refractivity contribution in [2.24, 2.45) is 0 Å². The predicted molar refractivity (Wildman–Crippen MR) is 105 cm³/mol. The van der Waals surface area contributed by atoms with E-state index >= 15 is 0 Å². The third-order valence-electron chi connectivity index (χ3n) is 4.37. The minimum absolute atomic E-state index is 0.0286. The van der Waals surface area contributed by atoms with Crippen LogP contribution in [0.2, 0.25) is 0 Å². The van der Waals surface area contributed by atoms with Gasteiger partial charge in [0.25, 0.3) is 0 Å². The molecule has 1 aliphatic carbocycles. The van der Waals surface area contributed by atoms with Gasteiger partial charge in [0.1, 0.15) is 11.1 Å². The van der Waals surface area contributed by atoms with E-state index in [0.717, 1.165) is 40.8 Å². The van der Waals surface area contributed by atoms with Gasteiger partial charge >= 0.3 is 0 Å². The Kier molecular flexibility index (Phi) is 5.89. The molecule has 1 amide bonds. The summed E-state index contributed by atoms with van der Waals surface area (Å²) < 4.78 is 1.06. The monoisotopic (exact) mass is 417 g/mol. The molecule has 0 radical (unpaired) electrons. The molecule has 1 aliphatic rings. The van der Waals surface area contributed by atoms with Crippen LogP contribution in [0.15, 0.2) is 28.7 Å². The van der Waals surface area contributed by atoms with Crippen LogP contribution in [0.5, 0.6) is 0 Å². The van der Waals surface area contributed by atoms with Crippen molar-refractivity contribution in [3.8, 4) is 6.07 Å². The van der Waals surface area contributed by atoms with Gasteiger partial charge in [-0.3, -0.25) is 4.79 Å². The Hall–Kier alpha value is -1.68. The molecular weight excluding hydrogens is 398 g/mol. The number of rotatable bonds is 6. The molecule has 0 saturated heterocycles. The molecule has 0 spiro atoms. The second-order valence-electron chi connectivity index (χ2n) is 6.34. The Morgan fingerprint density at radius 2 is 2.12 bits per heavy atom. The van der Waals surface area contributed by atoms with Crippen LogP contribution >= 0.6 is 27.3 Å². The van der Waals surface area contributed by atoms with Gasteiger partial charge in [0.2, 0.25) is 5.91 Å². The molecule has 3 rings (SSSR count). The van der Waals surface area contributed by atoms with Gasteiger partial charge in [0, 0.05) is 28.9 Å². The molecule has 0 unspecified atom stereocenters. The molecular formula is C19H20BrN3OS. The Morgan fingerprint density at radius 1 is 1.36 bits per heavy atom. The molecule has 6 heteroatoms. The number of hydrogen-bond acceptors (Lipinski definition) is 4. The van der Waals surface area contributed by atoms with Crippen molar-refractivity contribution in [1.82, 2.24) is 4.90 Å². The van der Waals surface area contributed by atoms with Gasteiger partial charge in [-0.15, -0.1) is 11.3 Å². The Bertz CT molecular complexity index is 807. The third kappa shape index (κ3) is 4.49. The van der Waals surface area contributed by atoms with E-state index in [-0.39, 0.29) is 5.91 Å². The summed E-state index contributed by atoms with van der Waals surface area (Å²) >= 11 is 5.00. The van der Waals surface area contributed by atoms with Crippen molar-refractivity contribution >= 4 is 38.2 Å². The highest BCUT2D eigenvalue weighted by Gasteiger charge is 2.23. The maximum absolute atomic E-state index is 12.3. The van der Waals surface area contributed by atoms with Crippen LogP contribution in [0.25, 0.3) is 0 Å². The van der Waals surface area contributed by atoms with Gasteiger partial charge in [-0.25, -0.2) is 0 Å². The first-order valence-electron chi connectivity index (χ1n) is 8.34. The Morgan fingerprint density at radius 3 is 2.84 bits per heavy atom. The molecule has 4 nitrogen and oxygen atoms in total. The standard InChI is InChI=1S/C19H20BrN3OS/c1-23(12-13-5-7-14(20)8-6-13)10-9-18(24)22-19-16(11-21)15-3-2-4-17(15)25-19/h5-8H,2-4,9-10,12H2,1H3,(H,22,24). The fraction of sp³-hybridized carbons (Fsp3) is 0.368. The predicted octanol–water partition coefficient (Wildman–Crippen LogP) is 4.33. The fourth-order valence-corrected chi connectivity index (χ4v) is 4.59. The van der Waals surface area contributed by atoms with E-state index < -0.39 is 0 Å². The number of aryl methyl sites for hydroxylation is 1. The number of hydrogen-bond donors (Lipinski definition) is 1. The van der Waals surface area contributed by atoms with Crippen LogP contribution in [0.3, 0.4) is 0 Å². The van der Waals surface area contributed by atoms with E-state index in [9.17, 15) is 10.1 Å². The van der Waals surface area contributed by atoms with Crippen molar-refractivity contribution < 1.29 is 4.79 Å². The summed E-state index contributed by atoms with van der Waals surface area (Å²) in [6.45, 7) is 1.48. The van der Waals surface area contributed by atoms with Gasteiger partial charge in [-0.2, -0.15) is 5.26 Å². The summed E-state index contributed by atoms with van der Waals surface area (Å²) in [4.78, 5) is 15.7. The number of nitrogens with one attached hydrogen (secondary N) is 1. The number of carbonyl (C=O) groups is 1. The maximum atomic E-state index is 12.3. The maximum Gasteiger partial charge on any atom is 0.226 e. The minimum Gasteiger partial charge on any atom is -0.317 e. The lowest BCUT2D eigenvalue weighted by molar-refractivity contribution is -0.116. The largest absolute Gasteiger partial charge is 0.317 e. The lowest BCUT2D eigenvalue weighted by Crippen LogP contribution is -2.24. The summed E-state index contributed by atoms with van der Waals surface area (Å²) in [6.07, 6.45) is 3.52. The molecule has 0 saturated carbocycles. The first-order valence-corrected chi connectivity index (χ1v) is 9.95. The van der Waals surface area contributed by atoms with Crippen LogP contribution in [-0.4, -0.2) is 24.4 Å². The van der Waals surface area contributed by atoms with Crippen molar-refractivity contribution in [1.29, 1.82) is 5.26 Å². The summed E-state index contributed by atoms with van der Waals surface area (Å²) in [6, 6.07) is 10.5. The SMILES string of the molecule is CN(CCC(=O)Nc1sc2c(c1C#N)CCC2)Cc1ccc(Br)cc1. The Labute approximate surface area is 160 Å². The average Bonchev–Trinajstić information content (AvgIpc) is 3.15. The van der Waals surface area contributed by atoms with Gasteiger partial charge in [0.05, 0.1) is 5.56 Å².